The first-order chi connectivity index (χ1) is 16.2. The molecule has 0 aliphatic carbocycles. The van der Waals surface area contributed by atoms with Gasteiger partial charge in [0.15, 0.2) is 0 Å². The molecule has 1 aromatic heterocycles. The van der Waals surface area contributed by atoms with Gasteiger partial charge in [0.2, 0.25) is 0 Å². The Kier molecular flexibility index (Phi) is 7.13. The quantitative estimate of drug-likeness (QED) is 0.335. The van der Waals surface area contributed by atoms with Crippen LogP contribution in [0.3, 0.4) is 0 Å². The van der Waals surface area contributed by atoms with Crippen LogP contribution >= 0.6 is 0 Å². The van der Waals surface area contributed by atoms with E-state index < -0.39 is 0 Å². The lowest BCUT2D eigenvalue weighted by atomic mass is 10.1. The predicted molar refractivity (Wildman–Crippen MR) is 131 cm³/mol. The molecule has 0 unspecified atom stereocenters. The third kappa shape index (κ3) is 6.08. The summed E-state index contributed by atoms with van der Waals surface area (Å²) in [6.07, 6.45) is 3.37. The van der Waals surface area contributed by atoms with Crippen molar-refractivity contribution in [1.29, 1.82) is 5.41 Å². The van der Waals surface area contributed by atoms with Crippen LogP contribution in [0.1, 0.15) is 22.4 Å². The summed E-state index contributed by atoms with van der Waals surface area (Å²) in [6.45, 7) is 0.739. The maximum atomic E-state index is 8.39. The molecule has 0 saturated heterocycles. The lowest BCUT2D eigenvalue weighted by Gasteiger charge is -2.15. The largest absolute Gasteiger partial charge is 0.489 e. The van der Waals surface area contributed by atoms with Gasteiger partial charge in [-0.3, -0.25) is 4.98 Å². The third-order valence-corrected chi connectivity index (χ3v) is 5.00. The highest BCUT2D eigenvalue weighted by Crippen LogP contribution is 2.30. The Morgan fingerprint density at radius 1 is 0.818 bits per heavy atom. The van der Waals surface area contributed by atoms with Crippen molar-refractivity contribution >= 4 is 11.4 Å². The van der Waals surface area contributed by atoms with Crippen LogP contribution in [0.15, 0.2) is 109 Å². The van der Waals surface area contributed by atoms with Crippen molar-refractivity contribution < 1.29 is 9.47 Å². The predicted octanol–water partition coefficient (Wildman–Crippen LogP) is 5.61. The number of ether oxygens (including phenoxy) is 2. The molecular weight excluding hydrogens is 410 g/mol. The van der Waals surface area contributed by atoms with Gasteiger partial charge in [-0.15, -0.1) is 0 Å². The van der Waals surface area contributed by atoms with E-state index >= 15 is 0 Å². The number of aromatic nitrogens is 1. The van der Waals surface area contributed by atoms with Crippen molar-refractivity contribution in [1.82, 2.24) is 4.98 Å². The highest BCUT2D eigenvalue weighted by atomic mass is 16.5. The first-order valence-corrected chi connectivity index (χ1v) is 10.6. The van der Waals surface area contributed by atoms with Gasteiger partial charge in [0.25, 0.3) is 0 Å². The Labute approximate surface area is 193 Å². The number of pyridine rings is 1. The summed E-state index contributed by atoms with van der Waals surface area (Å²) in [5, 5.41) is 8.39. The van der Waals surface area contributed by atoms with Crippen molar-refractivity contribution in [2.24, 2.45) is 5.73 Å². The first-order valence-electron chi connectivity index (χ1n) is 10.6. The number of benzene rings is 3. The van der Waals surface area contributed by atoms with Gasteiger partial charge in [-0.1, -0.05) is 66.7 Å². The van der Waals surface area contributed by atoms with Crippen molar-refractivity contribution in [3.05, 3.63) is 132 Å². The van der Waals surface area contributed by atoms with E-state index in [4.69, 9.17) is 20.6 Å². The van der Waals surface area contributed by atoms with Crippen LogP contribution in [0.4, 0.5) is 0 Å². The highest BCUT2D eigenvalue weighted by molar-refractivity contribution is 6.10. The highest BCUT2D eigenvalue weighted by Gasteiger charge is 2.11. The Morgan fingerprint density at radius 2 is 1.55 bits per heavy atom. The van der Waals surface area contributed by atoms with Crippen LogP contribution < -0.4 is 15.2 Å². The Balaban J connectivity index is 1.58. The Bertz CT molecular complexity index is 1220. The van der Waals surface area contributed by atoms with Crippen LogP contribution in [-0.4, -0.2) is 10.7 Å². The molecule has 1 heterocycles. The van der Waals surface area contributed by atoms with Gasteiger partial charge < -0.3 is 20.6 Å². The molecule has 4 aromatic rings. The molecule has 4 rings (SSSR count). The molecule has 0 saturated carbocycles. The molecule has 0 aliphatic heterocycles. The van der Waals surface area contributed by atoms with Gasteiger partial charge in [-0.25, -0.2) is 0 Å². The SMILES string of the molecule is N=C(/C=C(\N)c1ccc(OCc2ccccc2)cc1OCc1ccccn1)c1ccccc1. The third-order valence-electron chi connectivity index (χ3n) is 5.00. The van der Waals surface area contributed by atoms with Crippen molar-refractivity contribution in [2.75, 3.05) is 0 Å². The van der Waals surface area contributed by atoms with E-state index in [1.165, 1.54) is 0 Å². The monoisotopic (exact) mass is 435 g/mol. The average molecular weight is 436 g/mol. The second-order valence-electron chi connectivity index (χ2n) is 7.42. The molecule has 0 fully saturated rings. The van der Waals surface area contributed by atoms with Crippen molar-refractivity contribution in [3.63, 3.8) is 0 Å². The fourth-order valence-electron chi connectivity index (χ4n) is 3.26. The number of nitrogens with zero attached hydrogens (tertiary/aromatic N) is 1. The summed E-state index contributed by atoms with van der Waals surface area (Å²) < 4.78 is 12.1. The number of hydrogen-bond acceptors (Lipinski definition) is 5. The van der Waals surface area contributed by atoms with E-state index in [-0.39, 0.29) is 0 Å². The zero-order valence-electron chi connectivity index (χ0n) is 18.1. The smallest absolute Gasteiger partial charge is 0.132 e. The number of rotatable bonds is 9. The molecule has 0 amide bonds. The molecule has 0 bridgehead atoms. The second-order valence-corrected chi connectivity index (χ2v) is 7.42. The lowest BCUT2D eigenvalue weighted by molar-refractivity contribution is 0.287. The number of nitrogens with one attached hydrogen (secondary N) is 1. The minimum Gasteiger partial charge on any atom is -0.489 e. The van der Waals surface area contributed by atoms with Crippen LogP contribution in [0.5, 0.6) is 11.5 Å². The number of nitrogens with two attached hydrogens (primary N) is 1. The molecule has 164 valence electrons. The van der Waals surface area contributed by atoms with E-state index in [1.807, 2.05) is 97.1 Å². The minimum atomic E-state index is 0.291. The van der Waals surface area contributed by atoms with Gasteiger partial charge in [0.05, 0.1) is 11.4 Å². The van der Waals surface area contributed by atoms with Gasteiger partial charge in [-0.05, 0) is 41.5 Å². The maximum Gasteiger partial charge on any atom is 0.132 e. The summed E-state index contributed by atoms with van der Waals surface area (Å²) in [5.74, 6) is 1.24. The van der Waals surface area contributed by atoms with E-state index in [0.717, 1.165) is 16.8 Å². The standard InChI is InChI=1S/C28H25N3O2/c29-26(22-11-5-2-6-12-22)18-27(30)25-15-14-24(32-19-21-9-3-1-4-10-21)17-28(25)33-20-23-13-7-8-16-31-23/h1-18,29H,19-20,30H2/b27-18-,29-26?. The van der Waals surface area contributed by atoms with E-state index in [0.29, 0.717) is 41.7 Å². The molecular formula is C28H25N3O2. The fourth-order valence-corrected chi connectivity index (χ4v) is 3.26. The summed E-state index contributed by atoms with van der Waals surface area (Å²) in [5.41, 5.74) is 10.5. The Morgan fingerprint density at radius 3 is 2.27 bits per heavy atom. The molecule has 5 heteroatoms. The second kappa shape index (κ2) is 10.8. The van der Waals surface area contributed by atoms with E-state index in [1.54, 1.807) is 12.3 Å². The van der Waals surface area contributed by atoms with Crippen LogP contribution in [0.2, 0.25) is 0 Å². The first kappa shape index (κ1) is 21.8. The molecule has 0 radical (unpaired) electrons. The number of hydrogen-bond donors (Lipinski definition) is 2. The normalized spacial score (nSPS) is 11.1. The van der Waals surface area contributed by atoms with Gasteiger partial charge in [0, 0.05) is 23.5 Å². The molecule has 3 aromatic carbocycles. The summed E-state index contributed by atoms with van der Waals surface area (Å²) in [4.78, 5) is 4.32. The van der Waals surface area contributed by atoms with E-state index in [9.17, 15) is 0 Å². The Hall–Kier alpha value is -4.38. The fraction of sp³-hybridized carbons (Fsp3) is 0.0714. The van der Waals surface area contributed by atoms with Crippen molar-refractivity contribution in [3.8, 4) is 11.5 Å². The van der Waals surface area contributed by atoms with Crippen LogP contribution in [0.25, 0.3) is 5.70 Å². The van der Waals surface area contributed by atoms with Crippen LogP contribution in [-0.2, 0) is 13.2 Å². The lowest BCUT2D eigenvalue weighted by Crippen LogP contribution is -2.06. The summed E-state index contributed by atoms with van der Waals surface area (Å²) in [6, 6.07) is 30.7. The van der Waals surface area contributed by atoms with Gasteiger partial charge in [-0.2, -0.15) is 0 Å². The molecule has 33 heavy (non-hydrogen) atoms. The molecule has 0 spiro atoms. The van der Waals surface area contributed by atoms with Gasteiger partial charge in [0.1, 0.15) is 24.7 Å². The maximum absolute atomic E-state index is 8.39. The molecule has 3 N–H and O–H groups in total. The molecule has 5 nitrogen and oxygen atoms in total. The zero-order valence-corrected chi connectivity index (χ0v) is 18.1. The topological polar surface area (TPSA) is 81.2 Å². The van der Waals surface area contributed by atoms with Gasteiger partial charge >= 0.3 is 0 Å². The zero-order chi connectivity index (χ0) is 22.9. The molecule has 0 aliphatic rings. The summed E-state index contributed by atoms with van der Waals surface area (Å²) in [7, 11) is 0. The average Bonchev–Trinajstić information content (AvgIpc) is 2.88. The minimum absolute atomic E-state index is 0.291. The van der Waals surface area contributed by atoms with E-state index in [2.05, 4.69) is 4.98 Å². The van der Waals surface area contributed by atoms with Crippen LogP contribution in [0, 0.1) is 5.41 Å². The number of allylic oxidation sites excluding steroid dienone is 1. The van der Waals surface area contributed by atoms with Crippen molar-refractivity contribution in [2.45, 2.75) is 13.2 Å². The summed E-state index contributed by atoms with van der Waals surface area (Å²) >= 11 is 0. The molecule has 0 atom stereocenters.